The summed E-state index contributed by atoms with van der Waals surface area (Å²) in [5, 5.41) is 10.0. The molecule has 1 aromatic rings. The predicted octanol–water partition coefficient (Wildman–Crippen LogP) is 4.93. The van der Waals surface area contributed by atoms with Crippen molar-refractivity contribution in [1.82, 2.24) is 0 Å². The number of benzene rings is 1. The van der Waals surface area contributed by atoms with Gasteiger partial charge < -0.3 is 5.11 Å². The van der Waals surface area contributed by atoms with Crippen molar-refractivity contribution in [2.24, 2.45) is 0 Å². The van der Waals surface area contributed by atoms with E-state index in [0.29, 0.717) is 0 Å². The summed E-state index contributed by atoms with van der Waals surface area (Å²) in [6, 6.07) is 8.47. The molecule has 0 aliphatic heterocycles. The zero-order valence-corrected chi connectivity index (χ0v) is 12.5. The molecule has 1 N–H and O–H groups in total. The van der Waals surface area contributed by atoms with Gasteiger partial charge in [0.15, 0.2) is 0 Å². The molecule has 18 heavy (non-hydrogen) atoms. The Labute approximate surface area is 115 Å². The van der Waals surface area contributed by atoms with E-state index in [1.807, 2.05) is 6.92 Å². The number of hydrogen-bond donors (Lipinski definition) is 1. The minimum Gasteiger partial charge on any atom is -0.388 e. The van der Waals surface area contributed by atoms with Crippen LogP contribution in [0.1, 0.15) is 45.1 Å². The summed E-state index contributed by atoms with van der Waals surface area (Å²) < 4.78 is 0. The van der Waals surface area contributed by atoms with E-state index in [-0.39, 0.29) is 6.10 Å². The van der Waals surface area contributed by atoms with E-state index < -0.39 is 0 Å². The second kappa shape index (κ2) is 8.39. The van der Waals surface area contributed by atoms with Gasteiger partial charge in [-0.3, -0.25) is 0 Å². The topological polar surface area (TPSA) is 20.2 Å². The molecule has 1 rings (SSSR count). The fraction of sp³-hybridized carbons (Fsp3) is 0.500. The molecule has 1 unspecified atom stereocenters. The second-order valence-corrected chi connectivity index (χ2v) is 5.73. The van der Waals surface area contributed by atoms with Crippen LogP contribution in [0.3, 0.4) is 0 Å². The van der Waals surface area contributed by atoms with Crippen LogP contribution < -0.4 is 0 Å². The Morgan fingerprint density at radius 2 is 1.94 bits per heavy atom. The van der Waals surface area contributed by atoms with E-state index in [0.717, 1.165) is 17.7 Å². The monoisotopic (exact) mass is 264 g/mol. The lowest BCUT2D eigenvalue weighted by Gasteiger charge is -2.13. The van der Waals surface area contributed by atoms with Crippen molar-refractivity contribution in [1.29, 1.82) is 0 Å². The first-order valence-corrected chi connectivity index (χ1v) is 7.61. The Hall–Kier alpha value is -0.730. The third-order valence-corrected chi connectivity index (χ3v) is 4.06. The molecule has 0 fully saturated rings. The number of hydrogen-bond acceptors (Lipinski definition) is 2. The number of thioether (sulfide) groups is 1. The fourth-order valence-corrected chi connectivity index (χ4v) is 2.69. The number of allylic oxidation sites excluding steroid dienone is 1. The van der Waals surface area contributed by atoms with Crippen LogP contribution in [0.2, 0.25) is 0 Å². The second-order valence-electron chi connectivity index (χ2n) is 4.59. The average molecular weight is 264 g/mol. The third-order valence-electron chi connectivity index (χ3n) is 2.88. The van der Waals surface area contributed by atoms with E-state index in [1.165, 1.54) is 23.3 Å². The summed E-state index contributed by atoms with van der Waals surface area (Å²) in [6.45, 7) is 6.30. The van der Waals surface area contributed by atoms with Gasteiger partial charge in [-0.2, -0.15) is 0 Å². The van der Waals surface area contributed by atoms with Crippen LogP contribution in [-0.2, 0) is 0 Å². The number of rotatable bonds is 7. The summed E-state index contributed by atoms with van der Waals surface area (Å²) in [5.41, 5.74) is 1.27. The van der Waals surface area contributed by atoms with Crippen LogP contribution in [0.5, 0.6) is 0 Å². The Bertz CT molecular complexity index is 367. The molecule has 0 bridgehead atoms. The molecule has 0 aliphatic rings. The molecule has 2 heteroatoms. The first-order chi connectivity index (χ1) is 8.67. The molecule has 0 spiro atoms. The van der Waals surface area contributed by atoms with Gasteiger partial charge >= 0.3 is 0 Å². The van der Waals surface area contributed by atoms with Gasteiger partial charge in [-0.05, 0) is 31.9 Å². The maximum Gasteiger partial charge on any atom is 0.0846 e. The van der Waals surface area contributed by atoms with Gasteiger partial charge in [0.2, 0.25) is 0 Å². The van der Waals surface area contributed by atoms with Gasteiger partial charge in [0, 0.05) is 9.80 Å². The molecule has 1 aromatic carbocycles. The minimum absolute atomic E-state index is 0.326. The van der Waals surface area contributed by atoms with Crippen molar-refractivity contribution >= 4 is 11.8 Å². The molecule has 0 radical (unpaired) electrons. The molecule has 0 aromatic heterocycles. The van der Waals surface area contributed by atoms with Crippen molar-refractivity contribution in [3.8, 4) is 0 Å². The Kier molecular flexibility index (Phi) is 7.14. The predicted molar refractivity (Wildman–Crippen MR) is 80.9 cm³/mol. The van der Waals surface area contributed by atoms with Crippen LogP contribution in [-0.4, -0.2) is 11.2 Å². The lowest BCUT2D eigenvalue weighted by molar-refractivity contribution is 0.215. The molecule has 1 atom stereocenters. The first kappa shape index (κ1) is 15.3. The molecule has 100 valence electrons. The van der Waals surface area contributed by atoms with Gasteiger partial charge in [-0.25, -0.2) is 0 Å². The van der Waals surface area contributed by atoms with Gasteiger partial charge in [0.1, 0.15) is 0 Å². The molecule has 0 heterocycles. The van der Waals surface area contributed by atoms with Crippen molar-refractivity contribution in [3.63, 3.8) is 0 Å². The normalized spacial score (nSPS) is 13.7. The molecule has 0 saturated heterocycles. The molecule has 1 nitrogen and oxygen atoms in total. The Morgan fingerprint density at radius 3 is 2.50 bits per heavy atom. The SMILES string of the molecule is CCCC/C=C(\Sc1ccc(C)cc1)C(O)CC. The zero-order valence-electron chi connectivity index (χ0n) is 11.6. The smallest absolute Gasteiger partial charge is 0.0846 e. The summed E-state index contributed by atoms with van der Waals surface area (Å²) in [7, 11) is 0. The van der Waals surface area contributed by atoms with Crippen LogP contribution >= 0.6 is 11.8 Å². The van der Waals surface area contributed by atoms with E-state index in [4.69, 9.17) is 0 Å². The first-order valence-electron chi connectivity index (χ1n) is 6.80. The summed E-state index contributed by atoms with van der Waals surface area (Å²) in [4.78, 5) is 2.30. The highest BCUT2D eigenvalue weighted by Gasteiger charge is 2.09. The maximum absolute atomic E-state index is 10.0. The van der Waals surface area contributed by atoms with Crippen molar-refractivity contribution in [2.45, 2.75) is 57.5 Å². The van der Waals surface area contributed by atoms with Gasteiger partial charge in [-0.1, -0.05) is 62.2 Å². The molecule has 0 amide bonds. The highest BCUT2D eigenvalue weighted by molar-refractivity contribution is 8.03. The largest absolute Gasteiger partial charge is 0.388 e. The van der Waals surface area contributed by atoms with Crippen molar-refractivity contribution in [3.05, 3.63) is 40.8 Å². The maximum atomic E-state index is 10.0. The molecular formula is C16H24OS. The van der Waals surface area contributed by atoms with Gasteiger partial charge in [0.05, 0.1) is 6.10 Å². The minimum atomic E-state index is -0.326. The van der Waals surface area contributed by atoms with Crippen LogP contribution in [0.15, 0.2) is 40.1 Å². The Morgan fingerprint density at radius 1 is 1.28 bits per heavy atom. The summed E-state index contributed by atoms with van der Waals surface area (Å²) in [5.74, 6) is 0. The number of unbranched alkanes of at least 4 members (excludes halogenated alkanes) is 2. The quantitative estimate of drug-likeness (QED) is 0.556. The highest BCUT2D eigenvalue weighted by Crippen LogP contribution is 2.30. The van der Waals surface area contributed by atoms with Crippen LogP contribution in [0, 0.1) is 6.92 Å². The van der Waals surface area contributed by atoms with Crippen molar-refractivity contribution < 1.29 is 5.11 Å². The molecular weight excluding hydrogens is 240 g/mol. The number of aliphatic hydroxyl groups excluding tert-OH is 1. The van der Waals surface area contributed by atoms with E-state index >= 15 is 0 Å². The van der Waals surface area contributed by atoms with E-state index in [2.05, 4.69) is 44.2 Å². The van der Waals surface area contributed by atoms with Gasteiger partial charge in [-0.15, -0.1) is 0 Å². The van der Waals surface area contributed by atoms with Crippen LogP contribution in [0.4, 0.5) is 0 Å². The number of aryl methyl sites for hydroxylation is 1. The average Bonchev–Trinajstić information content (AvgIpc) is 2.39. The van der Waals surface area contributed by atoms with Gasteiger partial charge in [0.25, 0.3) is 0 Å². The van der Waals surface area contributed by atoms with E-state index in [9.17, 15) is 5.11 Å². The third kappa shape index (κ3) is 5.28. The zero-order chi connectivity index (χ0) is 13.4. The van der Waals surface area contributed by atoms with Crippen LogP contribution in [0.25, 0.3) is 0 Å². The molecule has 0 aliphatic carbocycles. The van der Waals surface area contributed by atoms with E-state index in [1.54, 1.807) is 11.8 Å². The summed E-state index contributed by atoms with van der Waals surface area (Å²) >= 11 is 1.69. The number of aliphatic hydroxyl groups is 1. The lowest BCUT2D eigenvalue weighted by Crippen LogP contribution is -2.06. The fourth-order valence-electron chi connectivity index (χ4n) is 1.64. The highest BCUT2D eigenvalue weighted by atomic mass is 32.2. The summed E-state index contributed by atoms with van der Waals surface area (Å²) in [6.07, 6.45) is 6.09. The van der Waals surface area contributed by atoms with Crippen molar-refractivity contribution in [2.75, 3.05) is 0 Å². The standard InChI is InChI=1S/C16H24OS/c1-4-6-7-8-16(15(17)5-2)18-14-11-9-13(3)10-12-14/h8-12,15,17H,4-7H2,1-3H3/b16-8-. The molecule has 0 saturated carbocycles. The Balaban J connectivity index is 2.71. The lowest BCUT2D eigenvalue weighted by atomic mass is 10.2.